The fraction of sp³-hybridized carbons (Fsp3) is 0.467. The molecule has 2 N–H and O–H groups in total. The number of alkyl halides is 5. The number of likely N-dealkylation sites (N-methyl/N-ethyl adjacent to an activating group) is 1. The number of rotatable bonds is 4. The molecule has 0 saturated carbocycles. The third kappa shape index (κ3) is 3.65. The van der Waals surface area contributed by atoms with Crippen LogP contribution in [0.2, 0.25) is 0 Å². The van der Waals surface area contributed by atoms with E-state index in [0.29, 0.717) is 11.6 Å². The van der Waals surface area contributed by atoms with Gasteiger partial charge in [-0.3, -0.25) is 9.59 Å². The lowest BCUT2D eigenvalue weighted by molar-refractivity contribution is -0.289. The number of hydrogen-bond acceptors (Lipinski definition) is 2. The van der Waals surface area contributed by atoms with Gasteiger partial charge in [0.1, 0.15) is 0 Å². The molecule has 24 heavy (non-hydrogen) atoms. The largest absolute Gasteiger partial charge is 0.458 e. The predicted octanol–water partition coefficient (Wildman–Crippen LogP) is 3.04. The summed E-state index contributed by atoms with van der Waals surface area (Å²) in [6.45, 7) is 4.57. The van der Waals surface area contributed by atoms with Crippen LogP contribution in [0.15, 0.2) is 18.2 Å². The number of aryl methyl sites for hydroxylation is 1. The molecule has 1 atom stereocenters. The molecule has 0 aromatic heterocycles. The van der Waals surface area contributed by atoms with Gasteiger partial charge in [-0.2, -0.15) is 22.0 Å². The number of carbonyl (C=O) groups excluding carboxylic acids is 2. The van der Waals surface area contributed by atoms with Crippen LogP contribution in [-0.2, 0) is 15.5 Å². The first kappa shape index (κ1) is 19.9. The van der Waals surface area contributed by atoms with Gasteiger partial charge in [-0.1, -0.05) is 12.1 Å². The molecule has 0 spiro atoms. The van der Waals surface area contributed by atoms with E-state index in [1.165, 1.54) is 13.8 Å². The van der Waals surface area contributed by atoms with Crippen LogP contribution in [0.1, 0.15) is 36.6 Å². The van der Waals surface area contributed by atoms with Crippen molar-refractivity contribution in [1.82, 2.24) is 4.90 Å². The van der Waals surface area contributed by atoms with Gasteiger partial charge in [-0.25, -0.2) is 0 Å². The van der Waals surface area contributed by atoms with E-state index in [2.05, 4.69) is 0 Å². The first-order valence-electron chi connectivity index (χ1n) is 7.00. The van der Waals surface area contributed by atoms with Crippen LogP contribution in [0.4, 0.5) is 22.0 Å². The quantitative estimate of drug-likeness (QED) is 0.669. The zero-order valence-corrected chi connectivity index (χ0v) is 13.2. The maximum Gasteiger partial charge on any atom is 0.458 e. The van der Waals surface area contributed by atoms with Gasteiger partial charge < -0.3 is 10.6 Å². The van der Waals surface area contributed by atoms with Crippen molar-refractivity contribution in [3.05, 3.63) is 34.9 Å². The highest BCUT2D eigenvalue weighted by Gasteiger charge is 2.58. The van der Waals surface area contributed by atoms with Gasteiger partial charge in [0.25, 0.3) is 0 Å². The van der Waals surface area contributed by atoms with Gasteiger partial charge in [-0.05, 0) is 38.0 Å². The van der Waals surface area contributed by atoms with E-state index in [9.17, 15) is 31.5 Å². The number of benzene rings is 1. The van der Waals surface area contributed by atoms with Crippen molar-refractivity contribution in [2.24, 2.45) is 5.73 Å². The number of amides is 2. The van der Waals surface area contributed by atoms with E-state index in [4.69, 9.17) is 5.73 Å². The Morgan fingerprint density at radius 2 is 1.75 bits per heavy atom. The zero-order valence-electron chi connectivity index (χ0n) is 13.2. The van der Waals surface area contributed by atoms with Crippen LogP contribution in [0.25, 0.3) is 0 Å². The smallest absolute Gasteiger partial charge is 0.361 e. The molecule has 1 aromatic rings. The van der Waals surface area contributed by atoms with Gasteiger partial charge in [0, 0.05) is 12.1 Å². The third-order valence-corrected chi connectivity index (χ3v) is 3.72. The van der Waals surface area contributed by atoms with Crippen molar-refractivity contribution < 1.29 is 31.5 Å². The molecule has 9 heteroatoms. The van der Waals surface area contributed by atoms with E-state index in [1.807, 2.05) is 0 Å². The molecule has 0 radical (unpaired) electrons. The molecule has 0 aliphatic rings. The van der Waals surface area contributed by atoms with E-state index in [-0.39, 0.29) is 12.1 Å². The average Bonchev–Trinajstić information content (AvgIpc) is 2.46. The first-order valence-corrected chi connectivity index (χ1v) is 7.00. The van der Waals surface area contributed by atoms with E-state index < -0.39 is 35.5 Å². The summed E-state index contributed by atoms with van der Waals surface area (Å²) in [5.41, 5.74) is 4.23. The van der Waals surface area contributed by atoms with Crippen molar-refractivity contribution in [2.45, 2.75) is 38.9 Å². The second kappa shape index (κ2) is 6.74. The Kier molecular flexibility index (Phi) is 5.58. The minimum Gasteiger partial charge on any atom is -0.361 e. The Hall–Kier alpha value is -2.19. The molecule has 0 heterocycles. The fourth-order valence-corrected chi connectivity index (χ4v) is 2.41. The maximum atomic E-state index is 13.4. The third-order valence-electron chi connectivity index (χ3n) is 3.72. The van der Waals surface area contributed by atoms with Gasteiger partial charge in [0.05, 0.1) is 6.04 Å². The molecule has 134 valence electrons. The second-order valence-electron chi connectivity index (χ2n) is 5.27. The van der Waals surface area contributed by atoms with Crippen LogP contribution >= 0.6 is 0 Å². The number of hydrogen-bond donors (Lipinski definition) is 1. The predicted molar refractivity (Wildman–Crippen MR) is 76.1 cm³/mol. The van der Waals surface area contributed by atoms with E-state index >= 15 is 0 Å². The summed E-state index contributed by atoms with van der Waals surface area (Å²) in [6, 6.07) is 1.76. The van der Waals surface area contributed by atoms with Crippen LogP contribution in [0.3, 0.4) is 0 Å². The van der Waals surface area contributed by atoms with Crippen LogP contribution in [-0.4, -0.2) is 29.4 Å². The lowest BCUT2D eigenvalue weighted by Crippen LogP contribution is -2.41. The first-order chi connectivity index (χ1) is 10.8. The summed E-state index contributed by atoms with van der Waals surface area (Å²) < 4.78 is 64.1. The Bertz CT molecular complexity index is 643. The molecule has 0 saturated heterocycles. The molecule has 1 rings (SSSR count). The monoisotopic (exact) mass is 352 g/mol. The average molecular weight is 352 g/mol. The summed E-state index contributed by atoms with van der Waals surface area (Å²) >= 11 is 0. The van der Waals surface area contributed by atoms with Crippen molar-refractivity contribution in [1.29, 1.82) is 0 Å². The van der Waals surface area contributed by atoms with Gasteiger partial charge >= 0.3 is 23.9 Å². The number of nitrogens with zero attached hydrogens (tertiary/aromatic N) is 1. The maximum absolute atomic E-state index is 13.4. The topological polar surface area (TPSA) is 63.4 Å². The molecule has 0 fully saturated rings. The SMILES string of the molecule is CCN(C(=O)C(N)=O)C(C)c1ccc(C(F)(F)C(F)(F)F)cc1C. The van der Waals surface area contributed by atoms with Gasteiger partial charge in [-0.15, -0.1) is 0 Å². The summed E-state index contributed by atoms with van der Waals surface area (Å²) in [6.07, 6.45) is -5.70. The number of carbonyl (C=O) groups is 2. The molecule has 0 bridgehead atoms. The van der Waals surface area contributed by atoms with Crippen LogP contribution < -0.4 is 5.73 Å². The summed E-state index contributed by atoms with van der Waals surface area (Å²) in [5, 5.41) is 0. The molecule has 0 aliphatic heterocycles. The summed E-state index contributed by atoms with van der Waals surface area (Å²) in [5.74, 6) is -7.12. The van der Waals surface area contributed by atoms with Crippen molar-refractivity contribution >= 4 is 11.8 Å². The second-order valence-corrected chi connectivity index (χ2v) is 5.27. The molecular weight excluding hydrogens is 335 g/mol. The van der Waals surface area contributed by atoms with Crippen LogP contribution in [0.5, 0.6) is 0 Å². The molecular formula is C15H17F5N2O2. The Morgan fingerprint density at radius 1 is 1.21 bits per heavy atom. The highest BCUT2D eigenvalue weighted by Crippen LogP contribution is 2.44. The highest BCUT2D eigenvalue weighted by molar-refractivity contribution is 6.34. The van der Waals surface area contributed by atoms with Gasteiger partial charge in [0.15, 0.2) is 0 Å². The van der Waals surface area contributed by atoms with Crippen LogP contribution in [0, 0.1) is 6.92 Å². The Morgan fingerprint density at radius 3 is 2.12 bits per heavy atom. The fourth-order valence-electron chi connectivity index (χ4n) is 2.41. The lowest BCUT2D eigenvalue weighted by atomic mass is 9.96. The summed E-state index contributed by atoms with van der Waals surface area (Å²) in [4.78, 5) is 23.9. The zero-order chi connectivity index (χ0) is 18.9. The van der Waals surface area contributed by atoms with Crippen molar-refractivity contribution in [3.8, 4) is 0 Å². The lowest BCUT2D eigenvalue weighted by Gasteiger charge is -2.29. The standard InChI is InChI=1S/C15H17F5N2O2/c1-4-22(13(24)12(21)23)9(3)11-6-5-10(7-8(11)2)14(16,17)15(18,19)20/h5-7,9H,4H2,1-3H3,(H2,21,23). The number of halogens is 5. The van der Waals surface area contributed by atoms with E-state index in [1.54, 1.807) is 6.92 Å². The van der Waals surface area contributed by atoms with Gasteiger partial charge in [0.2, 0.25) is 0 Å². The number of nitrogens with two attached hydrogens (primary N) is 1. The van der Waals surface area contributed by atoms with Crippen molar-refractivity contribution in [3.63, 3.8) is 0 Å². The normalized spacial score (nSPS) is 13.5. The minimum absolute atomic E-state index is 0.114. The van der Waals surface area contributed by atoms with Crippen molar-refractivity contribution in [2.75, 3.05) is 6.54 Å². The summed E-state index contributed by atoms with van der Waals surface area (Å²) in [7, 11) is 0. The molecule has 1 aromatic carbocycles. The minimum atomic E-state index is -5.70. The molecule has 4 nitrogen and oxygen atoms in total. The van der Waals surface area contributed by atoms with E-state index in [0.717, 1.165) is 17.0 Å². The molecule has 2 amide bonds. The number of primary amides is 1. The molecule has 1 unspecified atom stereocenters. The Labute approximate surface area is 135 Å². The molecule has 0 aliphatic carbocycles. The highest BCUT2D eigenvalue weighted by atomic mass is 19.4. The Balaban J connectivity index is 3.25.